The van der Waals surface area contributed by atoms with E-state index in [-0.39, 0.29) is 25.2 Å². The van der Waals surface area contributed by atoms with Crippen molar-refractivity contribution in [2.75, 3.05) is 19.8 Å². The Bertz CT molecular complexity index is 1050. The highest BCUT2D eigenvalue weighted by atomic mass is 16.6. The van der Waals surface area contributed by atoms with Gasteiger partial charge in [0.15, 0.2) is 6.10 Å². The molecule has 1 atom stereocenters. The van der Waals surface area contributed by atoms with Gasteiger partial charge in [0.1, 0.15) is 6.61 Å². The highest BCUT2D eigenvalue weighted by Gasteiger charge is 2.17. The van der Waals surface area contributed by atoms with Crippen LogP contribution in [0.4, 0.5) is 0 Å². The van der Waals surface area contributed by atoms with Crippen LogP contribution in [-0.4, -0.2) is 37.9 Å². The quantitative estimate of drug-likeness (QED) is 0.0345. The second-order valence-corrected chi connectivity index (χ2v) is 19.9. The van der Waals surface area contributed by atoms with Gasteiger partial charge in [-0.2, -0.15) is 0 Å². The minimum absolute atomic E-state index is 0.0859. The van der Waals surface area contributed by atoms with Crippen LogP contribution in [0.15, 0.2) is 36.5 Å². The van der Waals surface area contributed by atoms with E-state index in [0.29, 0.717) is 19.4 Å². The van der Waals surface area contributed by atoms with Gasteiger partial charge < -0.3 is 14.2 Å². The number of rotatable bonds is 55. The van der Waals surface area contributed by atoms with Crippen LogP contribution in [0.25, 0.3) is 0 Å². The van der Waals surface area contributed by atoms with E-state index < -0.39 is 6.10 Å². The Kier molecular flexibility index (Phi) is 55.8. The third-order valence-electron chi connectivity index (χ3n) is 13.1. The molecule has 0 aromatic carbocycles. The van der Waals surface area contributed by atoms with Crippen molar-refractivity contribution in [1.82, 2.24) is 0 Å². The van der Waals surface area contributed by atoms with Crippen molar-refractivity contribution in [3.63, 3.8) is 0 Å². The average Bonchev–Trinajstić information content (AvgIpc) is 3.32. The van der Waals surface area contributed by atoms with E-state index in [1.165, 1.54) is 238 Å². The number of hydrogen-bond acceptors (Lipinski definition) is 5. The molecule has 0 N–H and O–H groups in total. The summed E-state index contributed by atoms with van der Waals surface area (Å²) >= 11 is 0. The minimum atomic E-state index is -0.537. The SMILES string of the molecule is CCCC/C=C\CCCCCCCCOCC(COC(=O)CCCCCCCCCCC/C=C\C/C=C\CCCCC)OC(=O)CCCCCCCCCCCCCCCCCCCCC. The summed E-state index contributed by atoms with van der Waals surface area (Å²) in [5.74, 6) is -0.386. The third-order valence-corrected chi connectivity index (χ3v) is 13.1. The number of carbonyl (C=O) groups excluding carboxylic acids is 2. The van der Waals surface area contributed by atoms with E-state index in [4.69, 9.17) is 14.2 Å². The first-order valence-electron chi connectivity index (χ1n) is 29.5. The summed E-state index contributed by atoms with van der Waals surface area (Å²) in [6.45, 7) is 7.82. The second kappa shape index (κ2) is 57.4. The number of hydrogen-bond donors (Lipinski definition) is 0. The molecule has 0 fully saturated rings. The van der Waals surface area contributed by atoms with E-state index in [1.807, 2.05) is 0 Å². The molecule has 1 unspecified atom stereocenters. The van der Waals surface area contributed by atoms with Crippen LogP contribution in [0.1, 0.15) is 316 Å². The van der Waals surface area contributed by atoms with Gasteiger partial charge in [0.2, 0.25) is 0 Å². The molecule has 0 aliphatic carbocycles. The topological polar surface area (TPSA) is 61.8 Å². The van der Waals surface area contributed by atoms with Crippen molar-refractivity contribution in [3.05, 3.63) is 36.5 Å². The first-order chi connectivity index (χ1) is 32.6. The molecule has 0 saturated heterocycles. The molecule has 5 heteroatoms. The number of esters is 2. The maximum atomic E-state index is 12.9. The first kappa shape index (κ1) is 64.1. The lowest BCUT2D eigenvalue weighted by Gasteiger charge is -2.18. The van der Waals surface area contributed by atoms with Crippen molar-refractivity contribution < 1.29 is 23.8 Å². The van der Waals surface area contributed by atoms with Crippen LogP contribution in [0, 0.1) is 0 Å². The van der Waals surface area contributed by atoms with E-state index in [2.05, 4.69) is 57.2 Å². The van der Waals surface area contributed by atoms with E-state index in [1.54, 1.807) is 0 Å². The zero-order valence-electron chi connectivity index (χ0n) is 44.7. The van der Waals surface area contributed by atoms with Crippen molar-refractivity contribution in [3.8, 4) is 0 Å². The van der Waals surface area contributed by atoms with Crippen LogP contribution in [0.3, 0.4) is 0 Å². The van der Waals surface area contributed by atoms with Crippen molar-refractivity contribution in [1.29, 1.82) is 0 Å². The fourth-order valence-corrected chi connectivity index (χ4v) is 8.70. The molecule has 0 aliphatic rings. The predicted molar refractivity (Wildman–Crippen MR) is 288 cm³/mol. The summed E-state index contributed by atoms with van der Waals surface area (Å²) in [5, 5.41) is 0. The standard InChI is InChI=1S/C61H114O5/c1-4-7-10-13-16-19-22-25-27-29-31-33-35-37-39-42-45-48-51-54-60(62)65-58-59(57-64-56-53-50-47-44-41-24-21-18-15-12-9-6-3)66-61(63)55-52-49-46-43-40-38-36-34-32-30-28-26-23-20-17-14-11-8-5-2/h15-16,18-19,25,27,59H,4-14,17,20-24,26,28-58H2,1-3H3/b18-15-,19-16-,27-25-. The van der Waals surface area contributed by atoms with Crippen LogP contribution >= 0.6 is 0 Å². The molecule has 0 heterocycles. The predicted octanol–water partition coefficient (Wildman–Crippen LogP) is 20.1. The number of allylic oxidation sites excluding steroid dienone is 6. The van der Waals surface area contributed by atoms with Crippen molar-refractivity contribution in [2.24, 2.45) is 0 Å². The molecule has 66 heavy (non-hydrogen) atoms. The minimum Gasteiger partial charge on any atom is -0.462 e. The maximum Gasteiger partial charge on any atom is 0.306 e. The van der Waals surface area contributed by atoms with Gasteiger partial charge in [-0.15, -0.1) is 0 Å². The van der Waals surface area contributed by atoms with Gasteiger partial charge in [-0.25, -0.2) is 0 Å². The Morgan fingerprint density at radius 3 is 1.09 bits per heavy atom. The molecule has 0 radical (unpaired) electrons. The van der Waals surface area contributed by atoms with Gasteiger partial charge in [-0.3, -0.25) is 9.59 Å². The van der Waals surface area contributed by atoms with Gasteiger partial charge >= 0.3 is 11.9 Å². The molecule has 0 aromatic heterocycles. The Balaban J connectivity index is 4.18. The van der Waals surface area contributed by atoms with E-state index in [0.717, 1.165) is 44.9 Å². The van der Waals surface area contributed by atoms with Gasteiger partial charge in [-0.05, 0) is 70.6 Å². The molecule has 0 saturated carbocycles. The molecule has 0 bridgehead atoms. The molecule has 5 nitrogen and oxygen atoms in total. The van der Waals surface area contributed by atoms with Gasteiger partial charge in [0.25, 0.3) is 0 Å². The van der Waals surface area contributed by atoms with Gasteiger partial charge in [-0.1, -0.05) is 269 Å². The first-order valence-corrected chi connectivity index (χ1v) is 29.5. The summed E-state index contributed by atoms with van der Waals surface area (Å²) in [7, 11) is 0. The van der Waals surface area contributed by atoms with Crippen molar-refractivity contribution in [2.45, 2.75) is 322 Å². The molecule has 388 valence electrons. The average molecular weight is 928 g/mol. The molecule has 0 rings (SSSR count). The van der Waals surface area contributed by atoms with Gasteiger partial charge in [0, 0.05) is 19.4 Å². The lowest BCUT2D eigenvalue weighted by Crippen LogP contribution is -2.30. The molecular formula is C61H114O5. The summed E-state index contributed by atoms with van der Waals surface area (Å²) in [4.78, 5) is 25.5. The fourth-order valence-electron chi connectivity index (χ4n) is 8.70. The summed E-state index contributed by atoms with van der Waals surface area (Å²) in [5.41, 5.74) is 0. The normalized spacial score (nSPS) is 12.3. The van der Waals surface area contributed by atoms with E-state index >= 15 is 0 Å². The van der Waals surface area contributed by atoms with E-state index in [9.17, 15) is 9.59 Å². The monoisotopic (exact) mass is 927 g/mol. The van der Waals surface area contributed by atoms with Crippen LogP contribution in [-0.2, 0) is 23.8 Å². The summed E-state index contributed by atoms with van der Waals surface area (Å²) < 4.78 is 17.5. The van der Waals surface area contributed by atoms with Crippen molar-refractivity contribution >= 4 is 11.9 Å². The largest absolute Gasteiger partial charge is 0.462 e. The smallest absolute Gasteiger partial charge is 0.306 e. The maximum absolute atomic E-state index is 12.9. The molecule has 0 aromatic rings. The highest BCUT2D eigenvalue weighted by Crippen LogP contribution is 2.17. The van der Waals surface area contributed by atoms with Crippen LogP contribution in [0.2, 0.25) is 0 Å². The zero-order valence-corrected chi connectivity index (χ0v) is 44.7. The Morgan fingerprint density at radius 2 is 0.652 bits per heavy atom. The third kappa shape index (κ3) is 54.7. The molecular weight excluding hydrogens is 813 g/mol. The fraction of sp³-hybridized carbons (Fsp3) is 0.869. The Hall–Kier alpha value is -1.88. The molecule has 0 aliphatic heterocycles. The van der Waals surface area contributed by atoms with Crippen LogP contribution < -0.4 is 0 Å². The lowest BCUT2D eigenvalue weighted by molar-refractivity contribution is -0.163. The number of carbonyl (C=O) groups is 2. The molecule has 0 amide bonds. The molecule has 0 spiro atoms. The number of ether oxygens (including phenoxy) is 3. The second-order valence-electron chi connectivity index (χ2n) is 19.9. The Morgan fingerprint density at radius 1 is 0.333 bits per heavy atom. The zero-order chi connectivity index (χ0) is 47.7. The lowest BCUT2D eigenvalue weighted by atomic mass is 10.0. The summed E-state index contributed by atoms with van der Waals surface area (Å²) in [6.07, 6.45) is 70.2. The number of unbranched alkanes of at least 4 members (excludes halogenated alkanes) is 38. The Labute approximate surface area is 412 Å². The highest BCUT2D eigenvalue weighted by molar-refractivity contribution is 5.70. The van der Waals surface area contributed by atoms with Crippen LogP contribution in [0.5, 0.6) is 0 Å². The van der Waals surface area contributed by atoms with Gasteiger partial charge in [0.05, 0.1) is 6.61 Å². The summed E-state index contributed by atoms with van der Waals surface area (Å²) in [6, 6.07) is 0.